The van der Waals surface area contributed by atoms with Crippen LogP contribution in [0.15, 0.2) is 0 Å². The van der Waals surface area contributed by atoms with E-state index in [0.29, 0.717) is 12.8 Å². The lowest BCUT2D eigenvalue weighted by atomic mass is 9.49. The van der Waals surface area contributed by atoms with Crippen molar-refractivity contribution in [2.75, 3.05) is 13.2 Å². The minimum absolute atomic E-state index is 0.00949. The number of ether oxygens (including phenoxy) is 2. The monoisotopic (exact) mass is 496 g/mol. The molecule has 0 aliphatic heterocycles. The molecule has 2 unspecified atom stereocenters. The Hall–Kier alpha value is -1.90. The third-order valence-electron chi connectivity index (χ3n) is 6.29. The average Bonchev–Trinajstić information content (AvgIpc) is 2.66. The largest absolute Gasteiger partial charge is 0.465 e. The zero-order chi connectivity index (χ0) is 24.3. The molecular weight excluding hydrogens is 478 g/mol. The van der Waals surface area contributed by atoms with E-state index in [-0.39, 0.29) is 31.0 Å². The molecule has 1 N–H and O–H groups in total. The predicted molar refractivity (Wildman–Crippen MR) is 89.3 cm³/mol. The first-order valence-electron chi connectivity index (χ1n) is 9.40. The molecule has 15 heteroatoms. The van der Waals surface area contributed by atoms with Crippen LogP contribution in [0.5, 0.6) is 0 Å². The molecule has 0 radical (unpaired) electrons. The second-order valence-corrected chi connectivity index (χ2v) is 10.0. The highest BCUT2D eigenvalue weighted by atomic mass is 32.2. The molecule has 4 aliphatic rings. The topological polar surface area (TPSA) is 124 Å². The van der Waals surface area contributed by atoms with E-state index in [9.17, 15) is 49.1 Å². The number of carbonyl (C=O) groups excluding carboxylic acids is 3. The fraction of sp³-hybridized carbons (Fsp3) is 0.824. The van der Waals surface area contributed by atoms with Crippen LogP contribution >= 0.6 is 0 Å². The Bertz CT molecular complexity index is 915. The van der Waals surface area contributed by atoms with Gasteiger partial charge in [-0.1, -0.05) is 0 Å². The van der Waals surface area contributed by atoms with Crippen LogP contribution in [0.1, 0.15) is 32.1 Å². The van der Waals surface area contributed by atoms with Gasteiger partial charge < -0.3 is 9.47 Å². The second kappa shape index (κ2) is 7.57. The summed E-state index contributed by atoms with van der Waals surface area (Å²) < 4.78 is 118. The summed E-state index contributed by atoms with van der Waals surface area (Å²) in [7, 11) is -6.39. The van der Waals surface area contributed by atoms with Gasteiger partial charge in [-0.2, -0.15) is 34.8 Å². The molecule has 0 saturated heterocycles. The lowest BCUT2D eigenvalue weighted by molar-refractivity contribution is -0.253. The summed E-state index contributed by atoms with van der Waals surface area (Å²) in [5.74, 6) is -15.7. The molecule has 0 amide bonds. The van der Waals surface area contributed by atoms with Crippen molar-refractivity contribution in [1.29, 1.82) is 0 Å². The van der Waals surface area contributed by atoms with Gasteiger partial charge in [0.1, 0.15) is 5.78 Å². The van der Waals surface area contributed by atoms with Crippen molar-refractivity contribution >= 4 is 27.8 Å². The maximum Gasteiger partial charge on any atom is 0.465 e. The van der Waals surface area contributed by atoms with Crippen LogP contribution in [0.4, 0.5) is 26.3 Å². The van der Waals surface area contributed by atoms with E-state index in [1.165, 1.54) is 0 Å². The third kappa shape index (κ3) is 4.08. The van der Waals surface area contributed by atoms with Crippen LogP contribution in [-0.4, -0.2) is 61.0 Å². The zero-order valence-electron chi connectivity index (χ0n) is 16.2. The normalized spacial score (nSPS) is 30.3. The van der Waals surface area contributed by atoms with Gasteiger partial charge in [0.05, 0.1) is 5.41 Å². The molecule has 4 aliphatic carbocycles. The van der Waals surface area contributed by atoms with E-state index < -0.39 is 69.6 Å². The van der Waals surface area contributed by atoms with Crippen LogP contribution in [0.3, 0.4) is 0 Å². The van der Waals surface area contributed by atoms with Gasteiger partial charge >= 0.3 is 39.2 Å². The molecule has 0 spiro atoms. The number of esters is 2. The molecule has 4 fully saturated rings. The first kappa shape index (κ1) is 24.7. The molecule has 32 heavy (non-hydrogen) atoms. The number of ketones is 1. The Kier molecular flexibility index (Phi) is 5.85. The maximum atomic E-state index is 13.9. The number of alkyl halides is 6. The second-order valence-electron chi connectivity index (χ2n) is 8.58. The first-order chi connectivity index (χ1) is 14.4. The van der Waals surface area contributed by atoms with Crippen LogP contribution in [0.2, 0.25) is 0 Å². The molecule has 4 bridgehead atoms. The minimum Gasteiger partial charge on any atom is -0.459 e. The zero-order valence-corrected chi connectivity index (χ0v) is 17.0. The van der Waals surface area contributed by atoms with Gasteiger partial charge in [0.15, 0.2) is 13.2 Å². The van der Waals surface area contributed by atoms with Crippen molar-refractivity contribution in [3.05, 3.63) is 0 Å². The highest BCUT2D eigenvalue weighted by Crippen LogP contribution is 2.59. The Balaban J connectivity index is 1.61. The lowest BCUT2D eigenvalue weighted by Crippen LogP contribution is -2.56. The first-order valence-corrected chi connectivity index (χ1v) is 10.8. The van der Waals surface area contributed by atoms with Crippen molar-refractivity contribution in [2.45, 2.75) is 49.2 Å². The van der Waals surface area contributed by atoms with Crippen molar-refractivity contribution in [1.82, 2.24) is 0 Å². The standard InChI is InChI=1S/C17H18F6O8S/c18-15(19,16(20,21)7-31-13(26)17(22,23)32(27,28)29)6-30-12(25)14-3-8-1-9(4-14)11(24)10(2-8)5-14/h8-10H,1-7H2,(H,27,28,29). The van der Waals surface area contributed by atoms with Gasteiger partial charge in [-0.05, 0) is 38.0 Å². The molecule has 4 rings (SSSR count). The Labute approximate surface area is 177 Å². The fourth-order valence-electron chi connectivity index (χ4n) is 4.86. The van der Waals surface area contributed by atoms with E-state index in [1.807, 2.05) is 0 Å². The summed E-state index contributed by atoms with van der Waals surface area (Å²) in [5, 5.41) is -5.65. The van der Waals surface area contributed by atoms with Crippen molar-refractivity contribution in [3.63, 3.8) is 0 Å². The SMILES string of the molecule is O=C1C2CC3CC1CC(C(=O)OCC(F)(F)C(F)(F)COC(=O)C(F)(F)S(=O)(=O)O)(C3)C2. The summed E-state index contributed by atoms with van der Waals surface area (Å²) >= 11 is 0. The summed E-state index contributed by atoms with van der Waals surface area (Å²) in [4.78, 5) is 35.6. The quantitative estimate of drug-likeness (QED) is 0.308. The Morgan fingerprint density at radius 3 is 1.88 bits per heavy atom. The summed E-state index contributed by atoms with van der Waals surface area (Å²) in [5.41, 5.74) is -1.24. The summed E-state index contributed by atoms with van der Waals surface area (Å²) in [6.07, 6.45) is 1.55. The molecule has 182 valence electrons. The average molecular weight is 496 g/mol. The van der Waals surface area contributed by atoms with Gasteiger partial charge in [0.2, 0.25) is 0 Å². The summed E-state index contributed by atoms with van der Waals surface area (Å²) in [6, 6.07) is 0. The van der Waals surface area contributed by atoms with Gasteiger partial charge in [-0.3, -0.25) is 14.1 Å². The summed E-state index contributed by atoms with van der Waals surface area (Å²) in [6.45, 7) is -4.84. The number of Topliss-reactive ketones (excluding diaryl/α,β-unsaturated/α-hetero) is 1. The smallest absolute Gasteiger partial charge is 0.459 e. The fourth-order valence-corrected chi connectivity index (χ4v) is 5.13. The molecule has 0 aromatic rings. The van der Waals surface area contributed by atoms with Gasteiger partial charge in [-0.25, -0.2) is 4.79 Å². The molecule has 2 atom stereocenters. The van der Waals surface area contributed by atoms with Crippen molar-refractivity contribution < 1.29 is 63.2 Å². The van der Waals surface area contributed by atoms with Crippen molar-refractivity contribution in [2.24, 2.45) is 23.2 Å². The number of halogens is 6. The van der Waals surface area contributed by atoms with E-state index in [4.69, 9.17) is 4.55 Å². The molecule has 8 nitrogen and oxygen atoms in total. The van der Waals surface area contributed by atoms with Gasteiger partial charge in [0.25, 0.3) is 0 Å². The Morgan fingerprint density at radius 2 is 1.41 bits per heavy atom. The van der Waals surface area contributed by atoms with E-state index in [0.717, 1.165) is 0 Å². The van der Waals surface area contributed by atoms with Gasteiger partial charge in [-0.15, -0.1) is 0 Å². The third-order valence-corrected chi connectivity index (χ3v) is 7.11. The van der Waals surface area contributed by atoms with E-state index in [1.54, 1.807) is 0 Å². The van der Waals surface area contributed by atoms with E-state index in [2.05, 4.69) is 9.47 Å². The van der Waals surface area contributed by atoms with E-state index >= 15 is 0 Å². The van der Waals surface area contributed by atoms with Crippen LogP contribution in [-0.2, 0) is 34.0 Å². The number of rotatable bonds is 8. The highest BCUT2D eigenvalue weighted by Gasteiger charge is 2.62. The predicted octanol–water partition coefficient (Wildman–Crippen LogP) is 2.22. The van der Waals surface area contributed by atoms with Crippen LogP contribution in [0.25, 0.3) is 0 Å². The highest BCUT2D eigenvalue weighted by molar-refractivity contribution is 7.87. The van der Waals surface area contributed by atoms with Gasteiger partial charge in [0, 0.05) is 11.8 Å². The molecule has 0 heterocycles. The minimum atomic E-state index is -6.39. The lowest BCUT2D eigenvalue weighted by Gasteiger charge is -2.54. The molecular formula is C17H18F6O8S. The van der Waals surface area contributed by atoms with Crippen molar-refractivity contribution in [3.8, 4) is 0 Å². The Morgan fingerprint density at radius 1 is 0.938 bits per heavy atom. The molecule has 0 aromatic heterocycles. The molecule has 4 saturated carbocycles. The molecule has 0 aromatic carbocycles. The number of hydrogen-bond acceptors (Lipinski definition) is 7. The number of hydrogen-bond donors (Lipinski definition) is 1. The van der Waals surface area contributed by atoms with Crippen LogP contribution < -0.4 is 0 Å². The van der Waals surface area contributed by atoms with Crippen LogP contribution in [0, 0.1) is 23.2 Å². The number of carbonyl (C=O) groups is 3. The maximum absolute atomic E-state index is 13.9.